The minimum Gasteiger partial charge on any atom is -0.481 e. The average Bonchev–Trinajstić information content (AvgIpc) is 2.88. The third kappa shape index (κ3) is 4.18. The zero-order valence-electron chi connectivity index (χ0n) is 14.3. The number of carboxylic acids is 1. The van der Waals surface area contributed by atoms with Crippen LogP contribution in [0.15, 0.2) is 24.3 Å². The summed E-state index contributed by atoms with van der Waals surface area (Å²) in [6.45, 7) is 7.34. The van der Waals surface area contributed by atoms with Crippen LogP contribution < -0.4 is 5.32 Å². The Morgan fingerprint density at radius 2 is 1.83 bits per heavy atom. The number of carboxylic acid groups (broad SMARTS) is 1. The van der Waals surface area contributed by atoms with Crippen LogP contribution >= 0.6 is 0 Å². The average molecular weight is 330 g/mol. The number of nitrogens with zero attached hydrogens (tertiary/aromatic N) is 3. The van der Waals surface area contributed by atoms with E-state index in [1.54, 1.807) is 25.5 Å². The molecule has 2 rings (SSSR count). The highest BCUT2D eigenvalue weighted by Crippen LogP contribution is 2.16. The molecule has 0 saturated carbocycles. The minimum atomic E-state index is -0.890. The van der Waals surface area contributed by atoms with Crippen molar-refractivity contribution in [2.75, 3.05) is 0 Å². The molecule has 7 heteroatoms. The van der Waals surface area contributed by atoms with Gasteiger partial charge in [0.05, 0.1) is 11.4 Å². The molecule has 1 heterocycles. The normalized spacial score (nSPS) is 11.3. The number of hydrogen-bond donors (Lipinski definition) is 2. The highest BCUT2D eigenvalue weighted by atomic mass is 16.4. The Kier molecular flexibility index (Phi) is 5.02. The molecule has 0 aliphatic heterocycles. The molecule has 1 amide bonds. The fourth-order valence-corrected chi connectivity index (χ4v) is 2.32. The Labute approximate surface area is 140 Å². The van der Waals surface area contributed by atoms with E-state index in [2.05, 4.69) is 15.6 Å². The van der Waals surface area contributed by atoms with Crippen LogP contribution in [0, 0.1) is 13.8 Å². The zero-order chi connectivity index (χ0) is 17.9. The van der Waals surface area contributed by atoms with Crippen LogP contribution in [-0.4, -0.2) is 37.5 Å². The third-order valence-corrected chi connectivity index (χ3v) is 3.80. The number of rotatable bonds is 6. The van der Waals surface area contributed by atoms with Gasteiger partial charge < -0.3 is 10.4 Å². The second-order valence-electron chi connectivity index (χ2n) is 6.50. The van der Waals surface area contributed by atoms with Crippen molar-refractivity contribution in [1.29, 1.82) is 0 Å². The summed E-state index contributed by atoms with van der Waals surface area (Å²) in [5, 5.41) is 19.6. The molecular formula is C17H22N4O3. The van der Waals surface area contributed by atoms with Crippen molar-refractivity contribution in [3.05, 3.63) is 41.2 Å². The Balaban J connectivity index is 2.16. The molecule has 2 aromatic rings. The number of carbonyl (C=O) groups is 2. The monoisotopic (exact) mass is 330 g/mol. The van der Waals surface area contributed by atoms with Gasteiger partial charge in [-0.2, -0.15) is 0 Å². The van der Waals surface area contributed by atoms with Crippen LogP contribution in [0.25, 0.3) is 5.69 Å². The maximum absolute atomic E-state index is 12.5. The van der Waals surface area contributed by atoms with Crippen molar-refractivity contribution in [2.45, 2.75) is 46.1 Å². The second-order valence-corrected chi connectivity index (χ2v) is 6.50. The molecule has 7 nitrogen and oxygen atoms in total. The molecular weight excluding hydrogens is 308 g/mol. The van der Waals surface area contributed by atoms with Gasteiger partial charge >= 0.3 is 5.97 Å². The largest absolute Gasteiger partial charge is 0.481 e. The van der Waals surface area contributed by atoms with Gasteiger partial charge in [-0.1, -0.05) is 22.9 Å². The first-order valence-electron chi connectivity index (χ1n) is 7.73. The molecule has 0 bridgehead atoms. The predicted octanol–water partition coefficient (Wildman–Crippen LogP) is 2.26. The SMILES string of the molecule is Cc1ccc(-n2nnc(C(=O)NC(C)(C)CCC(=O)O)c2C)cc1. The van der Waals surface area contributed by atoms with Gasteiger partial charge in [-0.3, -0.25) is 9.59 Å². The molecule has 0 spiro atoms. The highest BCUT2D eigenvalue weighted by molar-refractivity contribution is 5.93. The lowest BCUT2D eigenvalue weighted by atomic mass is 9.98. The molecule has 1 aromatic heterocycles. The Bertz CT molecular complexity index is 748. The van der Waals surface area contributed by atoms with Gasteiger partial charge in [-0.05, 0) is 46.2 Å². The first kappa shape index (κ1) is 17.7. The van der Waals surface area contributed by atoms with Crippen LogP contribution in [0.3, 0.4) is 0 Å². The molecule has 0 saturated heterocycles. The predicted molar refractivity (Wildman–Crippen MR) is 89.2 cm³/mol. The number of aromatic nitrogens is 3. The molecule has 0 fully saturated rings. The number of benzene rings is 1. The molecule has 128 valence electrons. The standard InChI is InChI=1S/C17H22N4O3/c1-11-5-7-13(8-6-11)21-12(2)15(19-20-21)16(24)18-17(3,4)10-9-14(22)23/h5-8H,9-10H2,1-4H3,(H,18,24)(H,22,23). The second kappa shape index (κ2) is 6.82. The van der Waals surface area contributed by atoms with E-state index < -0.39 is 11.5 Å². The molecule has 1 aromatic carbocycles. The van der Waals surface area contributed by atoms with Crippen molar-refractivity contribution in [1.82, 2.24) is 20.3 Å². The van der Waals surface area contributed by atoms with E-state index in [0.29, 0.717) is 12.1 Å². The maximum Gasteiger partial charge on any atom is 0.303 e. The van der Waals surface area contributed by atoms with Gasteiger partial charge in [0.15, 0.2) is 5.69 Å². The summed E-state index contributed by atoms with van der Waals surface area (Å²) in [5.74, 6) is -1.25. The van der Waals surface area contributed by atoms with Crippen molar-refractivity contribution < 1.29 is 14.7 Å². The number of carbonyl (C=O) groups excluding carboxylic acids is 1. The van der Waals surface area contributed by atoms with Crippen LogP contribution in [0.5, 0.6) is 0 Å². The quantitative estimate of drug-likeness (QED) is 0.847. The van der Waals surface area contributed by atoms with Gasteiger partial charge in [0.1, 0.15) is 0 Å². The van der Waals surface area contributed by atoms with Crippen molar-refractivity contribution in [3.63, 3.8) is 0 Å². The number of hydrogen-bond acceptors (Lipinski definition) is 4. The molecule has 24 heavy (non-hydrogen) atoms. The first-order valence-corrected chi connectivity index (χ1v) is 7.73. The van der Waals surface area contributed by atoms with Gasteiger partial charge in [0, 0.05) is 12.0 Å². The molecule has 0 aliphatic rings. The van der Waals surface area contributed by atoms with Crippen molar-refractivity contribution >= 4 is 11.9 Å². The van der Waals surface area contributed by atoms with Crippen LogP contribution in [0.1, 0.15) is 48.4 Å². The number of aliphatic carboxylic acids is 1. The number of aryl methyl sites for hydroxylation is 1. The van der Waals surface area contributed by atoms with E-state index in [0.717, 1.165) is 11.3 Å². The Hall–Kier alpha value is -2.70. The van der Waals surface area contributed by atoms with Gasteiger partial charge in [0.25, 0.3) is 5.91 Å². The minimum absolute atomic E-state index is 0.0116. The summed E-state index contributed by atoms with van der Waals surface area (Å²) in [7, 11) is 0. The fourth-order valence-electron chi connectivity index (χ4n) is 2.32. The molecule has 0 unspecified atom stereocenters. The Morgan fingerprint density at radius 1 is 1.21 bits per heavy atom. The molecule has 0 radical (unpaired) electrons. The van der Waals surface area contributed by atoms with E-state index >= 15 is 0 Å². The van der Waals surface area contributed by atoms with Crippen LogP contribution in [-0.2, 0) is 4.79 Å². The zero-order valence-corrected chi connectivity index (χ0v) is 14.3. The smallest absolute Gasteiger partial charge is 0.303 e. The Morgan fingerprint density at radius 3 is 2.42 bits per heavy atom. The van der Waals surface area contributed by atoms with E-state index in [9.17, 15) is 9.59 Å². The molecule has 0 atom stereocenters. The van der Waals surface area contributed by atoms with Crippen molar-refractivity contribution in [3.8, 4) is 5.69 Å². The summed E-state index contributed by atoms with van der Waals surface area (Å²) in [6.07, 6.45) is 0.321. The van der Waals surface area contributed by atoms with Crippen molar-refractivity contribution in [2.24, 2.45) is 0 Å². The fraction of sp³-hybridized carbons (Fsp3) is 0.412. The van der Waals surface area contributed by atoms with E-state index in [4.69, 9.17) is 5.11 Å². The van der Waals surface area contributed by atoms with Gasteiger partial charge in [-0.25, -0.2) is 4.68 Å². The van der Waals surface area contributed by atoms with E-state index in [-0.39, 0.29) is 18.0 Å². The lowest BCUT2D eigenvalue weighted by Crippen LogP contribution is -2.44. The summed E-state index contributed by atoms with van der Waals surface area (Å²) in [4.78, 5) is 23.2. The van der Waals surface area contributed by atoms with E-state index in [1.165, 1.54) is 0 Å². The van der Waals surface area contributed by atoms with Gasteiger partial charge in [-0.15, -0.1) is 5.10 Å². The first-order chi connectivity index (χ1) is 11.2. The third-order valence-electron chi connectivity index (χ3n) is 3.80. The number of nitrogens with one attached hydrogen (secondary N) is 1. The number of amides is 1. The van der Waals surface area contributed by atoms with Gasteiger partial charge in [0.2, 0.25) is 0 Å². The summed E-state index contributed by atoms with van der Waals surface area (Å²) < 4.78 is 1.61. The maximum atomic E-state index is 12.5. The molecule has 0 aliphatic carbocycles. The molecule has 2 N–H and O–H groups in total. The van der Waals surface area contributed by atoms with E-state index in [1.807, 2.05) is 31.2 Å². The van der Waals surface area contributed by atoms with Crippen LogP contribution in [0.2, 0.25) is 0 Å². The highest BCUT2D eigenvalue weighted by Gasteiger charge is 2.25. The lowest BCUT2D eigenvalue weighted by Gasteiger charge is -2.25. The summed E-state index contributed by atoms with van der Waals surface area (Å²) in [5.41, 5.74) is 2.18. The lowest BCUT2D eigenvalue weighted by molar-refractivity contribution is -0.137. The summed E-state index contributed by atoms with van der Waals surface area (Å²) >= 11 is 0. The topological polar surface area (TPSA) is 97.1 Å². The summed E-state index contributed by atoms with van der Waals surface area (Å²) in [6, 6.07) is 7.75. The van der Waals surface area contributed by atoms with Crippen LogP contribution in [0.4, 0.5) is 0 Å².